The van der Waals surface area contributed by atoms with E-state index in [0.29, 0.717) is 6.04 Å². The van der Waals surface area contributed by atoms with Gasteiger partial charge in [-0.05, 0) is 47.9 Å². The van der Waals surface area contributed by atoms with Crippen LogP contribution in [0.4, 0.5) is 5.69 Å². The molecule has 1 unspecified atom stereocenters. The molecule has 0 saturated carbocycles. The molecule has 1 heterocycles. The van der Waals surface area contributed by atoms with E-state index < -0.39 is 0 Å². The number of thiophene rings is 1. The molecule has 2 heteroatoms. The van der Waals surface area contributed by atoms with Crippen molar-refractivity contribution < 1.29 is 0 Å². The maximum Gasteiger partial charge on any atom is 0.0556 e. The van der Waals surface area contributed by atoms with E-state index in [9.17, 15) is 0 Å². The second-order valence-corrected chi connectivity index (χ2v) is 4.92. The summed E-state index contributed by atoms with van der Waals surface area (Å²) in [5.74, 6) is 0. The second kappa shape index (κ2) is 5.69. The Labute approximate surface area is 107 Å². The molecule has 0 saturated heterocycles. The summed E-state index contributed by atoms with van der Waals surface area (Å²) in [6.07, 6.45) is 2.90. The summed E-state index contributed by atoms with van der Waals surface area (Å²) in [5.41, 5.74) is 3.77. The summed E-state index contributed by atoms with van der Waals surface area (Å²) in [7, 11) is 0. The molecule has 2 aromatic rings. The van der Waals surface area contributed by atoms with Gasteiger partial charge in [0.2, 0.25) is 0 Å². The van der Waals surface area contributed by atoms with E-state index >= 15 is 0 Å². The van der Waals surface area contributed by atoms with Gasteiger partial charge in [-0.25, -0.2) is 0 Å². The Balaban J connectivity index is 2.13. The first kappa shape index (κ1) is 11.9. The van der Waals surface area contributed by atoms with Gasteiger partial charge in [0.1, 0.15) is 0 Å². The van der Waals surface area contributed by atoms with Gasteiger partial charge in [-0.3, -0.25) is 0 Å². The number of anilines is 1. The summed E-state index contributed by atoms with van der Waals surface area (Å²) >= 11 is 1.73. The van der Waals surface area contributed by atoms with Gasteiger partial charge in [-0.2, -0.15) is 11.3 Å². The van der Waals surface area contributed by atoms with Gasteiger partial charge in [0.15, 0.2) is 0 Å². The van der Waals surface area contributed by atoms with Crippen molar-refractivity contribution >= 4 is 17.0 Å². The van der Waals surface area contributed by atoms with E-state index in [2.05, 4.69) is 59.9 Å². The molecule has 1 atom stereocenters. The van der Waals surface area contributed by atoms with E-state index in [1.807, 2.05) is 6.08 Å². The van der Waals surface area contributed by atoms with Crippen LogP contribution in [0.2, 0.25) is 0 Å². The Hall–Kier alpha value is -1.54. The Bertz CT molecular complexity index is 456. The van der Waals surface area contributed by atoms with Gasteiger partial charge in [-0.15, -0.1) is 6.58 Å². The topological polar surface area (TPSA) is 12.0 Å². The highest BCUT2D eigenvalue weighted by molar-refractivity contribution is 7.08. The van der Waals surface area contributed by atoms with Crippen LogP contribution in [0.5, 0.6) is 0 Å². The molecular formula is C15H17NS. The second-order valence-electron chi connectivity index (χ2n) is 4.14. The zero-order valence-electron chi connectivity index (χ0n) is 10.0. The van der Waals surface area contributed by atoms with Gasteiger partial charge in [-0.1, -0.05) is 23.8 Å². The zero-order valence-corrected chi connectivity index (χ0v) is 10.8. The maximum atomic E-state index is 3.83. The van der Waals surface area contributed by atoms with Gasteiger partial charge in [0.25, 0.3) is 0 Å². The number of hydrogen-bond donors (Lipinski definition) is 1. The summed E-state index contributed by atoms with van der Waals surface area (Å²) in [6, 6.07) is 11.0. The first-order chi connectivity index (χ1) is 8.29. The van der Waals surface area contributed by atoms with Crippen molar-refractivity contribution in [2.75, 3.05) is 5.32 Å². The van der Waals surface area contributed by atoms with Gasteiger partial charge in [0.05, 0.1) is 6.04 Å². The third-order valence-electron chi connectivity index (χ3n) is 2.74. The number of aryl methyl sites for hydroxylation is 1. The lowest BCUT2D eigenvalue weighted by Crippen LogP contribution is -2.08. The largest absolute Gasteiger partial charge is 0.378 e. The molecule has 0 fully saturated rings. The van der Waals surface area contributed by atoms with Crippen LogP contribution in [0.3, 0.4) is 0 Å². The molecule has 0 aliphatic rings. The minimum Gasteiger partial charge on any atom is -0.378 e. The average molecular weight is 243 g/mol. The van der Waals surface area contributed by atoms with E-state index in [1.165, 1.54) is 11.1 Å². The minimum absolute atomic E-state index is 0.321. The first-order valence-corrected chi connectivity index (χ1v) is 6.70. The van der Waals surface area contributed by atoms with Crippen LogP contribution >= 0.6 is 11.3 Å². The van der Waals surface area contributed by atoms with Gasteiger partial charge < -0.3 is 5.32 Å². The Morgan fingerprint density at radius 1 is 1.29 bits per heavy atom. The fourth-order valence-electron chi connectivity index (χ4n) is 1.77. The van der Waals surface area contributed by atoms with Crippen molar-refractivity contribution in [2.24, 2.45) is 0 Å². The summed E-state index contributed by atoms with van der Waals surface area (Å²) < 4.78 is 0. The normalized spacial score (nSPS) is 12.1. The van der Waals surface area contributed by atoms with Crippen LogP contribution in [0.15, 0.2) is 53.7 Å². The molecule has 0 amide bonds. The molecule has 17 heavy (non-hydrogen) atoms. The molecule has 0 aliphatic heterocycles. The van der Waals surface area contributed by atoms with Crippen LogP contribution in [-0.4, -0.2) is 0 Å². The van der Waals surface area contributed by atoms with E-state index in [4.69, 9.17) is 0 Å². The molecule has 88 valence electrons. The summed E-state index contributed by atoms with van der Waals surface area (Å²) in [4.78, 5) is 0. The third kappa shape index (κ3) is 3.21. The molecule has 0 spiro atoms. The van der Waals surface area contributed by atoms with Crippen LogP contribution in [-0.2, 0) is 0 Å². The van der Waals surface area contributed by atoms with Gasteiger partial charge >= 0.3 is 0 Å². The van der Waals surface area contributed by atoms with Crippen molar-refractivity contribution in [3.63, 3.8) is 0 Å². The quantitative estimate of drug-likeness (QED) is 0.745. The molecule has 0 radical (unpaired) electrons. The average Bonchev–Trinajstić information content (AvgIpc) is 2.85. The molecule has 2 rings (SSSR count). The molecule has 0 bridgehead atoms. The number of hydrogen-bond acceptors (Lipinski definition) is 2. The zero-order chi connectivity index (χ0) is 12.1. The Kier molecular flexibility index (Phi) is 3.99. The van der Waals surface area contributed by atoms with Crippen LogP contribution in [0.1, 0.15) is 23.6 Å². The predicted octanol–water partition coefficient (Wildman–Crippen LogP) is 4.79. The summed E-state index contributed by atoms with van der Waals surface area (Å²) in [6.45, 7) is 5.93. The highest BCUT2D eigenvalue weighted by Crippen LogP contribution is 2.24. The fourth-order valence-corrected chi connectivity index (χ4v) is 2.48. The molecule has 1 N–H and O–H groups in total. The standard InChI is InChI=1S/C15H17NS/c1-3-4-15(13-9-10-17-11-13)16-14-7-5-12(2)6-8-14/h3,5-11,15-16H,1,4H2,2H3. The van der Waals surface area contributed by atoms with Crippen molar-refractivity contribution in [3.05, 3.63) is 64.9 Å². The van der Waals surface area contributed by atoms with Crippen molar-refractivity contribution in [1.82, 2.24) is 0 Å². The molecule has 1 nitrogen and oxygen atoms in total. The van der Waals surface area contributed by atoms with Crippen molar-refractivity contribution in [2.45, 2.75) is 19.4 Å². The number of rotatable bonds is 5. The molecule has 1 aromatic carbocycles. The molecule has 0 aliphatic carbocycles. The van der Waals surface area contributed by atoms with E-state index in [-0.39, 0.29) is 0 Å². The van der Waals surface area contributed by atoms with Crippen molar-refractivity contribution in [1.29, 1.82) is 0 Å². The number of benzene rings is 1. The lowest BCUT2D eigenvalue weighted by Gasteiger charge is -2.17. The van der Waals surface area contributed by atoms with E-state index in [0.717, 1.165) is 12.1 Å². The smallest absolute Gasteiger partial charge is 0.0556 e. The van der Waals surface area contributed by atoms with E-state index in [1.54, 1.807) is 11.3 Å². The Morgan fingerprint density at radius 3 is 2.65 bits per heavy atom. The highest BCUT2D eigenvalue weighted by atomic mass is 32.1. The molecule has 1 aromatic heterocycles. The monoisotopic (exact) mass is 243 g/mol. The van der Waals surface area contributed by atoms with Crippen molar-refractivity contribution in [3.8, 4) is 0 Å². The van der Waals surface area contributed by atoms with Crippen LogP contribution < -0.4 is 5.32 Å². The van der Waals surface area contributed by atoms with Crippen LogP contribution in [0, 0.1) is 6.92 Å². The lowest BCUT2D eigenvalue weighted by atomic mass is 10.1. The highest BCUT2D eigenvalue weighted by Gasteiger charge is 2.09. The predicted molar refractivity (Wildman–Crippen MR) is 76.7 cm³/mol. The summed E-state index contributed by atoms with van der Waals surface area (Å²) in [5, 5.41) is 7.85. The lowest BCUT2D eigenvalue weighted by molar-refractivity contribution is 0.803. The van der Waals surface area contributed by atoms with Gasteiger partial charge in [0, 0.05) is 5.69 Å². The fraction of sp³-hybridized carbons (Fsp3) is 0.200. The minimum atomic E-state index is 0.321. The maximum absolute atomic E-state index is 3.83. The third-order valence-corrected chi connectivity index (χ3v) is 3.44. The number of nitrogens with one attached hydrogen (secondary N) is 1. The first-order valence-electron chi connectivity index (χ1n) is 5.76. The Morgan fingerprint density at radius 2 is 2.06 bits per heavy atom. The van der Waals surface area contributed by atoms with Crippen LogP contribution in [0.25, 0.3) is 0 Å². The molecular weight excluding hydrogens is 226 g/mol. The SMILES string of the molecule is C=CCC(Nc1ccc(C)cc1)c1ccsc1.